The second-order valence-electron chi connectivity index (χ2n) is 8.03. The summed E-state index contributed by atoms with van der Waals surface area (Å²) in [6, 6.07) is 12.7. The van der Waals surface area contributed by atoms with Gasteiger partial charge in [-0.3, -0.25) is 18.7 Å². The van der Waals surface area contributed by atoms with E-state index in [2.05, 4.69) is 15.3 Å². The lowest BCUT2D eigenvalue weighted by Gasteiger charge is -2.12. The van der Waals surface area contributed by atoms with Crippen LogP contribution >= 0.6 is 11.8 Å². The van der Waals surface area contributed by atoms with E-state index in [4.69, 9.17) is 9.47 Å². The fourth-order valence-corrected chi connectivity index (χ4v) is 4.48. The number of carbonyl (C=O) groups is 1. The van der Waals surface area contributed by atoms with Crippen molar-refractivity contribution in [3.8, 4) is 22.9 Å². The molecule has 0 fully saturated rings. The van der Waals surface area contributed by atoms with Gasteiger partial charge in [-0.15, -0.1) is 0 Å². The molecule has 1 amide bonds. The molecule has 0 bridgehead atoms. The van der Waals surface area contributed by atoms with Gasteiger partial charge in [0, 0.05) is 31.4 Å². The molecule has 2 aromatic carbocycles. The van der Waals surface area contributed by atoms with Gasteiger partial charge in [0.25, 0.3) is 5.56 Å². The van der Waals surface area contributed by atoms with E-state index in [9.17, 15) is 14.4 Å². The normalized spacial score (nSPS) is 12.2. The number of rotatable bonds is 5. The molecule has 178 valence electrons. The van der Waals surface area contributed by atoms with Crippen LogP contribution in [-0.4, -0.2) is 37.6 Å². The number of anilines is 1. The number of carbonyl (C=O) groups excluding carboxylic acids is 1. The van der Waals surface area contributed by atoms with Gasteiger partial charge in [0.2, 0.25) is 12.7 Å². The van der Waals surface area contributed by atoms with E-state index in [1.165, 1.54) is 11.6 Å². The molecule has 35 heavy (non-hydrogen) atoms. The zero-order valence-electron chi connectivity index (χ0n) is 19.2. The van der Waals surface area contributed by atoms with Gasteiger partial charge in [0.05, 0.1) is 5.75 Å². The van der Waals surface area contributed by atoms with Gasteiger partial charge in [-0.25, -0.2) is 14.8 Å². The summed E-state index contributed by atoms with van der Waals surface area (Å²) in [6.07, 6.45) is 0. The van der Waals surface area contributed by atoms with Gasteiger partial charge in [-0.05, 0) is 19.1 Å². The molecule has 0 spiro atoms. The summed E-state index contributed by atoms with van der Waals surface area (Å²) >= 11 is 1.10. The molecule has 0 aliphatic carbocycles. The molecule has 0 unspecified atom stereocenters. The minimum atomic E-state index is -0.516. The Balaban J connectivity index is 1.50. The van der Waals surface area contributed by atoms with Gasteiger partial charge in [0.15, 0.2) is 23.0 Å². The minimum Gasteiger partial charge on any atom is -0.454 e. The number of aromatic nitrogens is 4. The van der Waals surface area contributed by atoms with E-state index in [0.717, 1.165) is 27.5 Å². The molecule has 0 saturated carbocycles. The number of benzene rings is 2. The van der Waals surface area contributed by atoms with Crippen LogP contribution in [0.4, 0.5) is 5.69 Å². The molecule has 5 rings (SSSR count). The van der Waals surface area contributed by atoms with Crippen LogP contribution < -0.4 is 26.0 Å². The molecule has 1 N–H and O–H groups in total. The number of thioether (sulfide) groups is 1. The van der Waals surface area contributed by atoms with Gasteiger partial charge < -0.3 is 14.8 Å². The van der Waals surface area contributed by atoms with E-state index >= 15 is 0 Å². The SMILES string of the molecule is Cc1ccc(-c2nc(SCC(=O)Nc3ccc4c(c3)OCO4)c3c(=O)n(C)c(=O)n(C)c3n2)cc1. The molecular weight excluding hydrogens is 470 g/mol. The Hall–Kier alpha value is -4.12. The third kappa shape index (κ3) is 4.26. The Morgan fingerprint density at radius 2 is 1.77 bits per heavy atom. The molecule has 1 aliphatic heterocycles. The molecular formula is C24H21N5O5S. The number of amides is 1. The highest BCUT2D eigenvalue weighted by Crippen LogP contribution is 2.34. The number of aryl methyl sites for hydroxylation is 2. The molecule has 3 heterocycles. The van der Waals surface area contributed by atoms with Crippen LogP contribution in [0.1, 0.15) is 5.56 Å². The van der Waals surface area contributed by atoms with Crippen LogP contribution in [0, 0.1) is 6.92 Å². The third-order valence-corrected chi connectivity index (χ3v) is 6.55. The third-order valence-electron chi connectivity index (χ3n) is 5.57. The summed E-state index contributed by atoms with van der Waals surface area (Å²) in [5.74, 6) is 1.23. The van der Waals surface area contributed by atoms with Crippen molar-refractivity contribution in [3.05, 3.63) is 68.9 Å². The van der Waals surface area contributed by atoms with Crippen LogP contribution in [0.25, 0.3) is 22.4 Å². The summed E-state index contributed by atoms with van der Waals surface area (Å²) in [6.45, 7) is 2.11. The molecule has 0 saturated heterocycles. The first-order valence-corrected chi connectivity index (χ1v) is 11.7. The highest BCUT2D eigenvalue weighted by Gasteiger charge is 2.20. The van der Waals surface area contributed by atoms with Crippen LogP contribution in [-0.2, 0) is 18.9 Å². The number of nitrogens with one attached hydrogen (secondary N) is 1. The molecule has 1 aliphatic rings. The van der Waals surface area contributed by atoms with Crippen molar-refractivity contribution in [3.63, 3.8) is 0 Å². The van der Waals surface area contributed by atoms with E-state index in [1.54, 1.807) is 25.2 Å². The fraction of sp³-hybridized carbons (Fsp3) is 0.208. The largest absolute Gasteiger partial charge is 0.454 e. The Labute approximate surface area is 203 Å². The lowest BCUT2D eigenvalue weighted by molar-refractivity contribution is -0.113. The zero-order chi connectivity index (χ0) is 24.7. The number of hydrogen-bond donors (Lipinski definition) is 1. The number of ether oxygens (including phenoxy) is 2. The highest BCUT2D eigenvalue weighted by molar-refractivity contribution is 8.00. The van der Waals surface area contributed by atoms with Crippen LogP contribution in [0.2, 0.25) is 0 Å². The number of fused-ring (bicyclic) bond motifs is 2. The molecule has 0 atom stereocenters. The predicted molar refractivity (Wildman–Crippen MR) is 132 cm³/mol. The summed E-state index contributed by atoms with van der Waals surface area (Å²) in [7, 11) is 2.95. The monoisotopic (exact) mass is 491 g/mol. The Bertz CT molecular complexity index is 1590. The Morgan fingerprint density at radius 1 is 1.03 bits per heavy atom. The van der Waals surface area contributed by atoms with Crippen molar-refractivity contribution < 1.29 is 14.3 Å². The average Bonchev–Trinajstić information content (AvgIpc) is 3.33. The summed E-state index contributed by atoms with van der Waals surface area (Å²) < 4.78 is 13.0. The van der Waals surface area contributed by atoms with Gasteiger partial charge >= 0.3 is 5.69 Å². The minimum absolute atomic E-state index is 0.0140. The maximum Gasteiger partial charge on any atom is 0.332 e. The van der Waals surface area contributed by atoms with E-state index in [-0.39, 0.29) is 29.5 Å². The number of nitrogens with zero attached hydrogens (tertiary/aromatic N) is 4. The molecule has 11 heteroatoms. The first-order valence-electron chi connectivity index (χ1n) is 10.7. The fourth-order valence-electron chi connectivity index (χ4n) is 3.67. The van der Waals surface area contributed by atoms with E-state index in [1.807, 2.05) is 31.2 Å². The maximum absolute atomic E-state index is 13.0. The van der Waals surface area contributed by atoms with Crippen LogP contribution in [0.15, 0.2) is 57.1 Å². The van der Waals surface area contributed by atoms with Crippen molar-refractivity contribution >= 4 is 34.4 Å². The van der Waals surface area contributed by atoms with Crippen molar-refractivity contribution in [2.24, 2.45) is 14.1 Å². The van der Waals surface area contributed by atoms with Crippen molar-refractivity contribution in [1.82, 2.24) is 19.1 Å². The highest BCUT2D eigenvalue weighted by atomic mass is 32.2. The van der Waals surface area contributed by atoms with E-state index in [0.29, 0.717) is 28.0 Å². The standard InChI is InChI=1S/C24H21N5O5S/c1-13-4-6-14(7-5-13)20-26-21-19(23(31)29(3)24(32)28(21)2)22(27-20)35-11-18(30)25-15-8-9-16-17(10-15)34-12-33-16/h4-10H,11-12H2,1-3H3,(H,25,30). The second-order valence-corrected chi connectivity index (χ2v) is 8.99. The van der Waals surface area contributed by atoms with Crippen molar-refractivity contribution in [1.29, 1.82) is 0 Å². The Kier molecular flexibility index (Phi) is 5.77. The second kappa shape index (κ2) is 8.91. The quantitative estimate of drug-likeness (QED) is 0.334. The topological polar surface area (TPSA) is 117 Å². The molecule has 2 aromatic heterocycles. The molecule has 10 nitrogen and oxygen atoms in total. The first-order chi connectivity index (χ1) is 16.8. The predicted octanol–water partition coefficient (Wildman–Crippen LogP) is 2.46. The van der Waals surface area contributed by atoms with E-state index < -0.39 is 11.2 Å². The van der Waals surface area contributed by atoms with Crippen molar-refractivity contribution in [2.45, 2.75) is 11.9 Å². The summed E-state index contributed by atoms with van der Waals surface area (Å²) in [4.78, 5) is 47.4. The zero-order valence-corrected chi connectivity index (χ0v) is 20.0. The Morgan fingerprint density at radius 3 is 2.54 bits per heavy atom. The summed E-state index contributed by atoms with van der Waals surface area (Å²) in [5, 5.41) is 3.32. The van der Waals surface area contributed by atoms with Crippen LogP contribution in [0.5, 0.6) is 11.5 Å². The van der Waals surface area contributed by atoms with Gasteiger partial charge in [0.1, 0.15) is 10.4 Å². The van der Waals surface area contributed by atoms with Crippen LogP contribution in [0.3, 0.4) is 0 Å². The van der Waals surface area contributed by atoms with Crippen molar-refractivity contribution in [2.75, 3.05) is 17.9 Å². The maximum atomic E-state index is 13.0. The molecule has 4 aromatic rings. The first kappa shape index (κ1) is 22.7. The summed E-state index contributed by atoms with van der Waals surface area (Å²) in [5.41, 5.74) is 1.57. The lowest BCUT2D eigenvalue weighted by Crippen LogP contribution is -2.37. The number of hydrogen-bond acceptors (Lipinski definition) is 8. The molecule has 0 radical (unpaired) electrons. The lowest BCUT2D eigenvalue weighted by atomic mass is 10.1. The van der Waals surface area contributed by atoms with Gasteiger partial charge in [-0.1, -0.05) is 41.6 Å². The van der Waals surface area contributed by atoms with Gasteiger partial charge in [-0.2, -0.15) is 0 Å². The smallest absolute Gasteiger partial charge is 0.332 e. The average molecular weight is 492 g/mol.